The van der Waals surface area contributed by atoms with Gasteiger partial charge in [-0.15, -0.1) is 11.8 Å². The third-order valence-electron chi connectivity index (χ3n) is 8.57. The molecule has 3 aliphatic heterocycles. The molecule has 0 aliphatic carbocycles. The van der Waals surface area contributed by atoms with Crippen LogP contribution in [0.2, 0.25) is 0 Å². The van der Waals surface area contributed by atoms with Crippen LogP contribution in [0.5, 0.6) is 5.75 Å². The monoisotopic (exact) mass is 551 g/mol. The number of benzene rings is 2. The molecule has 0 radical (unpaired) electrons. The molecule has 2 aromatic carbocycles. The van der Waals surface area contributed by atoms with Gasteiger partial charge >= 0.3 is 0 Å². The highest BCUT2D eigenvalue weighted by Gasteiger charge is 2.77. The molecule has 208 valence electrons. The number of nitrogens with one attached hydrogen (secondary N) is 2. The molecule has 9 heteroatoms. The Labute approximate surface area is 233 Å². The minimum absolute atomic E-state index is 0.119. The molecule has 3 saturated heterocycles. The van der Waals surface area contributed by atoms with Gasteiger partial charge in [0.1, 0.15) is 11.8 Å². The molecule has 2 aromatic rings. The number of anilines is 1. The van der Waals surface area contributed by atoms with Crippen LogP contribution in [-0.2, 0) is 20.8 Å². The predicted molar refractivity (Wildman–Crippen MR) is 152 cm³/mol. The first-order valence-electron chi connectivity index (χ1n) is 13.7. The Kier molecular flexibility index (Phi) is 7.66. The number of aliphatic hydroxyl groups is 1. The van der Waals surface area contributed by atoms with Crippen LogP contribution in [0.1, 0.15) is 38.7 Å². The van der Waals surface area contributed by atoms with E-state index in [1.54, 1.807) is 48.0 Å². The maximum Gasteiger partial charge on any atom is 0.248 e. The summed E-state index contributed by atoms with van der Waals surface area (Å²) in [6, 6.07) is 15.3. The standard InChI is InChI=1S/C30H37N3O5S/c1-4-16-31-26(35)23-24-28(37)33(21(18-34)17-19-8-6-5-7-9-19)25(30(24)15-14-29(23,2)39-30)27(36)32-20-10-12-22(38-3)13-11-20/h5-13,21,23-25,34H,4,14-18H2,1-3H3,(H,31,35)(H,32,36)/t21-,23+,24+,25?,29-,30?/m1/s1. The van der Waals surface area contributed by atoms with Crippen LogP contribution in [0.25, 0.3) is 0 Å². The smallest absolute Gasteiger partial charge is 0.248 e. The minimum atomic E-state index is -0.825. The first kappa shape index (κ1) is 27.5. The Balaban J connectivity index is 1.54. The summed E-state index contributed by atoms with van der Waals surface area (Å²) in [4.78, 5) is 43.6. The van der Waals surface area contributed by atoms with Crippen LogP contribution < -0.4 is 15.4 Å². The topological polar surface area (TPSA) is 108 Å². The highest BCUT2D eigenvalue weighted by molar-refractivity contribution is 8.02. The number of rotatable bonds is 10. The van der Waals surface area contributed by atoms with E-state index in [-0.39, 0.29) is 24.3 Å². The van der Waals surface area contributed by atoms with Gasteiger partial charge in [0.25, 0.3) is 0 Å². The molecular formula is C30H37N3O5S. The fourth-order valence-electron chi connectivity index (χ4n) is 6.84. The SMILES string of the molecule is CCCNC(=O)[C@@H]1[C@H]2C(=O)N([C@@H](CO)Cc3ccccc3)C(C(=O)Nc3ccc(OC)cc3)C23CC[C@@]1(C)S3. The Hall–Kier alpha value is -3.04. The van der Waals surface area contributed by atoms with Crippen molar-refractivity contribution in [1.82, 2.24) is 10.2 Å². The average molecular weight is 552 g/mol. The predicted octanol–water partition coefficient (Wildman–Crippen LogP) is 3.24. The van der Waals surface area contributed by atoms with Gasteiger partial charge in [-0.05, 0) is 62.4 Å². The first-order valence-corrected chi connectivity index (χ1v) is 14.5. The maximum absolute atomic E-state index is 14.4. The zero-order valence-electron chi connectivity index (χ0n) is 22.7. The van der Waals surface area contributed by atoms with Gasteiger partial charge < -0.3 is 25.4 Å². The van der Waals surface area contributed by atoms with E-state index in [4.69, 9.17) is 4.74 Å². The van der Waals surface area contributed by atoms with E-state index >= 15 is 0 Å². The Bertz CT molecular complexity index is 1220. The summed E-state index contributed by atoms with van der Waals surface area (Å²) in [6.45, 7) is 4.31. The van der Waals surface area contributed by atoms with Crippen molar-refractivity contribution in [3.05, 3.63) is 60.2 Å². The fourth-order valence-corrected chi connectivity index (χ4v) is 9.18. The number of amides is 3. The van der Waals surface area contributed by atoms with Gasteiger partial charge in [-0.25, -0.2) is 0 Å². The lowest BCUT2D eigenvalue weighted by molar-refractivity contribution is -0.142. The first-order chi connectivity index (χ1) is 18.8. The number of hydrogen-bond acceptors (Lipinski definition) is 6. The maximum atomic E-state index is 14.4. The molecule has 1 spiro atoms. The van der Waals surface area contributed by atoms with E-state index < -0.39 is 33.4 Å². The number of likely N-dealkylation sites (tertiary alicyclic amines) is 1. The summed E-state index contributed by atoms with van der Waals surface area (Å²) in [5.41, 5.74) is 1.56. The van der Waals surface area contributed by atoms with Crippen LogP contribution in [0.15, 0.2) is 54.6 Å². The van der Waals surface area contributed by atoms with Crippen molar-refractivity contribution in [2.45, 2.75) is 61.1 Å². The molecule has 5 rings (SSSR count). The second kappa shape index (κ2) is 10.8. The highest BCUT2D eigenvalue weighted by atomic mass is 32.2. The molecule has 3 fully saturated rings. The number of thioether (sulfide) groups is 1. The Morgan fingerprint density at radius 2 is 1.85 bits per heavy atom. The summed E-state index contributed by atoms with van der Waals surface area (Å²) in [5.74, 6) is -1.12. The van der Waals surface area contributed by atoms with Crippen LogP contribution in [0.3, 0.4) is 0 Å². The van der Waals surface area contributed by atoms with Crippen LogP contribution in [0.4, 0.5) is 5.69 Å². The third kappa shape index (κ3) is 4.69. The van der Waals surface area contributed by atoms with Gasteiger partial charge in [0.15, 0.2) is 0 Å². The lowest BCUT2D eigenvalue weighted by Gasteiger charge is -2.37. The van der Waals surface area contributed by atoms with Crippen molar-refractivity contribution in [3.8, 4) is 5.75 Å². The van der Waals surface area contributed by atoms with E-state index in [2.05, 4.69) is 17.6 Å². The zero-order valence-corrected chi connectivity index (χ0v) is 23.5. The summed E-state index contributed by atoms with van der Waals surface area (Å²) in [5, 5.41) is 16.6. The molecule has 3 heterocycles. The molecular weight excluding hydrogens is 514 g/mol. The molecule has 2 bridgehead atoms. The van der Waals surface area contributed by atoms with Crippen molar-refractivity contribution < 1.29 is 24.2 Å². The number of aliphatic hydroxyl groups excluding tert-OH is 1. The van der Waals surface area contributed by atoms with Crippen molar-refractivity contribution in [3.63, 3.8) is 0 Å². The summed E-state index contributed by atoms with van der Waals surface area (Å²) < 4.78 is 4.06. The molecule has 3 aliphatic rings. The fraction of sp³-hybridized carbons (Fsp3) is 0.500. The molecule has 2 unspecified atom stereocenters. The van der Waals surface area contributed by atoms with E-state index in [1.165, 1.54) is 0 Å². The van der Waals surface area contributed by atoms with Gasteiger partial charge in [-0.2, -0.15) is 0 Å². The Morgan fingerprint density at radius 3 is 2.49 bits per heavy atom. The van der Waals surface area contributed by atoms with E-state index in [0.29, 0.717) is 30.8 Å². The molecule has 3 N–H and O–H groups in total. The summed E-state index contributed by atoms with van der Waals surface area (Å²) >= 11 is 1.63. The van der Waals surface area contributed by atoms with Crippen LogP contribution in [-0.4, -0.2) is 69.6 Å². The number of carbonyl (C=O) groups excluding carboxylic acids is 3. The largest absolute Gasteiger partial charge is 0.497 e. The molecule has 0 aromatic heterocycles. The second-order valence-corrected chi connectivity index (χ2v) is 12.9. The van der Waals surface area contributed by atoms with Crippen molar-refractivity contribution >= 4 is 35.2 Å². The number of fused-ring (bicyclic) bond motifs is 1. The van der Waals surface area contributed by atoms with E-state index in [9.17, 15) is 19.5 Å². The number of methoxy groups -OCH3 is 1. The van der Waals surface area contributed by atoms with Gasteiger partial charge in [0, 0.05) is 17.0 Å². The third-order valence-corrected chi connectivity index (χ3v) is 10.6. The van der Waals surface area contributed by atoms with Gasteiger partial charge in [-0.1, -0.05) is 37.3 Å². The normalized spacial score (nSPS) is 29.7. The van der Waals surface area contributed by atoms with Crippen molar-refractivity contribution in [2.75, 3.05) is 25.6 Å². The minimum Gasteiger partial charge on any atom is -0.497 e. The number of hydrogen-bond donors (Lipinski definition) is 3. The van der Waals surface area contributed by atoms with Gasteiger partial charge in [-0.3, -0.25) is 14.4 Å². The number of ether oxygens (including phenoxy) is 1. The molecule has 8 nitrogen and oxygen atoms in total. The number of nitrogens with zero attached hydrogens (tertiary/aromatic N) is 1. The summed E-state index contributed by atoms with van der Waals surface area (Å²) in [6.07, 6.45) is 2.61. The quantitative estimate of drug-likeness (QED) is 0.419. The van der Waals surface area contributed by atoms with E-state index in [0.717, 1.165) is 18.4 Å². The Morgan fingerprint density at radius 1 is 1.13 bits per heavy atom. The van der Waals surface area contributed by atoms with Crippen LogP contribution in [0, 0.1) is 11.8 Å². The average Bonchev–Trinajstić information content (AvgIpc) is 3.52. The molecule has 6 atom stereocenters. The zero-order chi connectivity index (χ0) is 27.8. The molecule has 3 amide bonds. The van der Waals surface area contributed by atoms with E-state index in [1.807, 2.05) is 37.3 Å². The van der Waals surface area contributed by atoms with Crippen LogP contribution >= 0.6 is 11.8 Å². The van der Waals surface area contributed by atoms with Crippen molar-refractivity contribution in [1.29, 1.82) is 0 Å². The lowest BCUT2D eigenvalue weighted by atomic mass is 9.66. The molecule has 0 saturated carbocycles. The van der Waals surface area contributed by atoms with Crippen molar-refractivity contribution in [2.24, 2.45) is 11.8 Å². The second-order valence-electron chi connectivity index (χ2n) is 11.0. The summed E-state index contributed by atoms with van der Waals surface area (Å²) in [7, 11) is 1.58. The van der Waals surface area contributed by atoms with Gasteiger partial charge in [0.2, 0.25) is 17.7 Å². The molecule has 39 heavy (non-hydrogen) atoms. The highest BCUT2D eigenvalue weighted by Crippen LogP contribution is 2.71. The van der Waals surface area contributed by atoms with Gasteiger partial charge in [0.05, 0.1) is 36.3 Å². The lowest BCUT2D eigenvalue weighted by Crippen LogP contribution is -2.55. The number of carbonyl (C=O) groups is 3.